The second-order valence-corrected chi connectivity index (χ2v) is 6.22. The van der Waals surface area contributed by atoms with Crippen LogP contribution < -0.4 is 15.1 Å². The molecule has 1 aromatic heterocycles. The van der Waals surface area contributed by atoms with Crippen molar-refractivity contribution in [1.29, 1.82) is 5.26 Å². The minimum absolute atomic E-state index is 0.105. The van der Waals surface area contributed by atoms with E-state index in [1.54, 1.807) is 19.2 Å². The molecule has 0 aliphatic heterocycles. The van der Waals surface area contributed by atoms with E-state index in [9.17, 15) is 10.1 Å². The van der Waals surface area contributed by atoms with Gasteiger partial charge in [-0.2, -0.15) is 10.4 Å². The van der Waals surface area contributed by atoms with Crippen molar-refractivity contribution in [3.8, 4) is 11.9 Å². The lowest BCUT2D eigenvalue weighted by atomic mass is 10.1. The molecule has 0 aliphatic rings. The van der Waals surface area contributed by atoms with Gasteiger partial charge < -0.3 is 14.4 Å². The molecule has 0 bridgehead atoms. The number of methoxy groups -OCH3 is 1. The largest absolute Gasteiger partial charge is 0.467 e. The fraction of sp³-hybridized carbons (Fsp3) is 0.300. The molecule has 0 atom stereocenters. The summed E-state index contributed by atoms with van der Waals surface area (Å²) in [5.41, 5.74) is 5.89. The molecular weight excluding hydrogens is 358 g/mol. The zero-order valence-corrected chi connectivity index (χ0v) is 16.4. The molecule has 0 saturated carbocycles. The third kappa shape index (κ3) is 5.79. The fourth-order valence-corrected chi connectivity index (χ4v) is 2.41. The maximum Gasteiger partial charge on any atom is 0.278 e. The Morgan fingerprint density at radius 2 is 2.07 bits per heavy atom. The molecule has 0 saturated heterocycles. The molecule has 0 spiro atoms. The van der Waals surface area contributed by atoms with Crippen LogP contribution in [0.5, 0.6) is 5.88 Å². The van der Waals surface area contributed by atoms with E-state index in [-0.39, 0.29) is 24.7 Å². The Morgan fingerprint density at radius 3 is 2.68 bits per heavy atom. The van der Waals surface area contributed by atoms with Gasteiger partial charge in [-0.3, -0.25) is 4.79 Å². The van der Waals surface area contributed by atoms with Gasteiger partial charge in [-0.1, -0.05) is 12.1 Å². The fourth-order valence-electron chi connectivity index (χ4n) is 2.41. The Bertz CT molecular complexity index is 886. The van der Waals surface area contributed by atoms with E-state index in [2.05, 4.69) is 15.5 Å². The lowest BCUT2D eigenvalue weighted by molar-refractivity contribution is -0.123. The summed E-state index contributed by atoms with van der Waals surface area (Å²) in [6, 6.07) is 11.5. The van der Waals surface area contributed by atoms with E-state index < -0.39 is 5.91 Å². The first-order valence-electron chi connectivity index (χ1n) is 8.56. The second kappa shape index (κ2) is 10.0. The van der Waals surface area contributed by atoms with Crippen molar-refractivity contribution in [3.05, 3.63) is 52.7 Å². The number of anilines is 1. The molecule has 0 radical (unpaired) electrons. The van der Waals surface area contributed by atoms with Crippen molar-refractivity contribution in [1.82, 2.24) is 10.4 Å². The number of rotatable bonds is 8. The van der Waals surface area contributed by atoms with Gasteiger partial charge in [-0.15, -0.1) is 0 Å². The number of benzene rings is 1. The number of hydrogen-bond donors (Lipinski definition) is 1. The lowest BCUT2D eigenvalue weighted by Gasteiger charge is -2.11. The third-order valence-electron chi connectivity index (χ3n) is 3.76. The molecule has 0 fully saturated rings. The van der Waals surface area contributed by atoms with E-state index >= 15 is 0 Å². The average Bonchev–Trinajstić information content (AvgIpc) is 2.67. The van der Waals surface area contributed by atoms with Crippen molar-refractivity contribution in [2.45, 2.75) is 13.5 Å². The minimum Gasteiger partial charge on any atom is -0.467 e. The number of nitrogens with zero attached hydrogens (tertiary/aromatic N) is 4. The molecule has 1 amide bonds. The van der Waals surface area contributed by atoms with Gasteiger partial charge in [0.2, 0.25) is 5.88 Å². The summed E-state index contributed by atoms with van der Waals surface area (Å²) in [5, 5.41) is 13.3. The number of pyridine rings is 1. The van der Waals surface area contributed by atoms with E-state index in [4.69, 9.17) is 9.47 Å². The van der Waals surface area contributed by atoms with Crippen LogP contribution in [-0.2, 0) is 16.1 Å². The van der Waals surface area contributed by atoms with Crippen molar-refractivity contribution in [2.24, 2.45) is 5.10 Å². The summed E-state index contributed by atoms with van der Waals surface area (Å²) >= 11 is 0. The number of hydrogen-bond acceptors (Lipinski definition) is 7. The SMILES string of the molecule is COCc1cc(C)nc(OCC(=O)NN=Cc2ccc(N(C)C)cc2)c1C#N. The van der Waals surface area contributed by atoms with Crippen LogP contribution in [0.4, 0.5) is 5.69 Å². The summed E-state index contributed by atoms with van der Waals surface area (Å²) in [7, 11) is 5.46. The first-order valence-corrected chi connectivity index (χ1v) is 8.56. The van der Waals surface area contributed by atoms with Crippen molar-refractivity contribution in [2.75, 3.05) is 32.7 Å². The monoisotopic (exact) mass is 381 g/mol. The normalized spacial score (nSPS) is 10.5. The van der Waals surface area contributed by atoms with Crippen LogP contribution in [0.1, 0.15) is 22.4 Å². The zero-order valence-electron chi connectivity index (χ0n) is 16.4. The molecule has 146 valence electrons. The van der Waals surface area contributed by atoms with Crippen molar-refractivity contribution >= 4 is 17.8 Å². The maximum absolute atomic E-state index is 12.0. The van der Waals surface area contributed by atoms with Gasteiger partial charge in [-0.05, 0) is 30.7 Å². The maximum atomic E-state index is 12.0. The number of carbonyl (C=O) groups is 1. The Balaban J connectivity index is 1.94. The highest BCUT2D eigenvalue weighted by Crippen LogP contribution is 2.21. The molecule has 0 aliphatic carbocycles. The van der Waals surface area contributed by atoms with Crippen LogP contribution >= 0.6 is 0 Å². The zero-order chi connectivity index (χ0) is 20.5. The van der Waals surface area contributed by atoms with Crippen LogP contribution in [0.25, 0.3) is 0 Å². The van der Waals surface area contributed by atoms with Crippen molar-refractivity contribution in [3.63, 3.8) is 0 Å². The first-order chi connectivity index (χ1) is 13.4. The number of nitriles is 1. The summed E-state index contributed by atoms with van der Waals surface area (Å²) in [6.45, 7) is 1.72. The van der Waals surface area contributed by atoms with E-state index in [1.165, 1.54) is 7.11 Å². The summed E-state index contributed by atoms with van der Waals surface area (Å²) in [5.74, 6) is -0.352. The Hall–Kier alpha value is -3.44. The summed E-state index contributed by atoms with van der Waals surface area (Å²) in [6.07, 6.45) is 1.54. The third-order valence-corrected chi connectivity index (χ3v) is 3.76. The molecule has 1 aromatic carbocycles. The van der Waals surface area contributed by atoms with Crippen LogP contribution in [0.2, 0.25) is 0 Å². The summed E-state index contributed by atoms with van der Waals surface area (Å²) in [4.78, 5) is 18.1. The number of hydrazone groups is 1. The lowest BCUT2D eigenvalue weighted by Crippen LogP contribution is -2.25. The van der Waals surface area contributed by atoms with Crippen LogP contribution in [0.15, 0.2) is 35.4 Å². The van der Waals surface area contributed by atoms with E-state index in [0.29, 0.717) is 11.3 Å². The molecule has 8 heteroatoms. The molecule has 0 unspecified atom stereocenters. The number of aryl methyl sites for hydroxylation is 1. The Kier molecular flexibility index (Phi) is 7.48. The molecular formula is C20H23N5O3. The number of aromatic nitrogens is 1. The van der Waals surface area contributed by atoms with Gasteiger partial charge in [0.1, 0.15) is 11.6 Å². The molecule has 2 aromatic rings. The van der Waals surface area contributed by atoms with Gasteiger partial charge in [0, 0.05) is 38.1 Å². The standard InChI is InChI=1S/C20H23N5O3/c1-14-9-16(12-27-4)18(10-21)20(23-14)28-13-19(26)24-22-11-15-5-7-17(8-6-15)25(2)3/h5-9,11H,12-13H2,1-4H3,(H,24,26). The minimum atomic E-state index is -0.457. The van der Waals surface area contributed by atoms with Crippen LogP contribution in [0.3, 0.4) is 0 Å². The topological polar surface area (TPSA) is 99.8 Å². The van der Waals surface area contributed by atoms with Crippen molar-refractivity contribution < 1.29 is 14.3 Å². The number of ether oxygens (including phenoxy) is 2. The smallest absolute Gasteiger partial charge is 0.278 e. The number of amides is 1. The number of carbonyl (C=O) groups excluding carboxylic acids is 1. The summed E-state index contributed by atoms with van der Waals surface area (Å²) < 4.78 is 10.5. The van der Waals surface area contributed by atoms with E-state index in [0.717, 1.165) is 11.3 Å². The number of nitrogens with one attached hydrogen (secondary N) is 1. The Morgan fingerprint density at radius 1 is 1.36 bits per heavy atom. The van der Waals surface area contributed by atoms with Gasteiger partial charge >= 0.3 is 0 Å². The van der Waals surface area contributed by atoms with Crippen LogP contribution in [-0.4, -0.2) is 44.9 Å². The molecule has 8 nitrogen and oxygen atoms in total. The van der Waals surface area contributed by atoms with Gasteiger partial charge in [0.25, 0.3) is 5.91 Å². The second-order valence-electron chi connectivity index (χ2n) is 6.22. The molecule has 1 heterocycles. The van der Waals surface area contributed by atoms with E-state index in [1.807, 2.05) is 49.3 Å². The van der Waals surface area contributed by atoms with Gasteiger partial charge in [-0.25, -0.2) is 10.4 Å². The molecule has 2 rings (SSSR count). The quantitative estimate of drug-likeness (QED) is 0.555. The molecule has 1 N–H and O–H groups in total. The Labute approximate surface area is 164 Å². The predicted octanol–water partition coefficient (Wildman–Crippen LogP) is 2.00. The first kappa shape index (κ1) is 20.9. The average molecular weight is 381 g/mol. The predicted molar refractivity (Wildman–Crippen MR) is 106 cm³/mol. The van der Waals surface area contributed by atoms with Gasteiger partial charge in [0.05, 0.1) is 12.8 Å². The highest BCUT2D eigenvalue weighted by Gasteiger charge is 2.14. The van der Waals surface area contributed by atoms with Crippen LogP contribution in [0, 0.1) is 18.3 Å². The highest BCUT2D eigenvalue weighted by atomic mass is 16.5. The molecule has 28 heavy (non-hydrogen) atoms. The van der Waals surface area contributed by atoms with Gasteiger partial charge in [0.15, 0.2) is 6.61 Å². The highest BCUT2D eigenvalue weighted by molar-refractivity contribution is 5.83.